The number of aromatic nitrogens is 1. The van der Waals surface area contributed by atoms with Crippen molar-refractivity contribution >= 4 is 11.3 Å². The molecule has 0 spiro atoms. The quantitative estimate of drug-likeness (QED) is 0.725. The summed E-state index contributed by atoms with van der Waals surface area (Å²) in [4.78, 5) is 4.55. The van der Waals surface area contributed by atoms with Gasteiger partial charge in [0.2, 0.25) is 0 Å². The number of rotatable bonds is 2. The van der Waals surface area contributed by atoms with Gasteiger partial charge < -0.3 is 0 Å². The van der Waals surface area contributed by atoms with Crippen molar-refractivity contribution in [2.75, 3.05) is 0 Å². The fraction of sp³-hybridized carbons (Fsp3) is 0.250. The van der Waals surface area contributed by atoms with Gasteiger partial charge in [0.15, 0.2) is 0 Å². The van der Waals surface area contributed by atoms with E-state index in [4.69, 9.17) is 0 Å². The van der Waals surface area contributed by atoms with E-state index < -0.39 is 0 Å². The summed E-state index contributed by atoms with van der Waals surface area (Å²) in [6.07, 6.45) is 1.02. The van der Waals surface area contributed by atoms with Gasteiger partial charge in [-0.05, 0) is 13.3 Å². The molecule has 0 bridgehead atoms. The average Bonchev–Trinajstić information content (AvgIpc) is 2.67. The van der Waals surface area contributed by atoms with Crippen molar-refractivity contribution in [1.29, 1.82) is 0 Å². The highest BCUT2D eigenvalue weighted by Crippen LogP contribution is 2.22. The highest BCUT2D eigenvalue weighted by Gasteiger charge is 2.02. The van der Waals surface area contributed by atoms with Crippen LogP contribution in [0.5, 0.6) is 0 Å². The molecule has 14 heavy (non-hydrogen) atoms. The van der Waals surface area contributed by atoms with Crippen molar-refractivity contribution in [2.24, 2.45) is 0 Å². The van der Waals surface area contributed by atoms with E-state index in [0.29, 0.717) is 0 Å². The Labute approximate surface area is 88.4 Å². The van der Waals surface area contributed by atoms with E-state index in [1.54, 1.807) is 11.3 Å². The predicted molar refractivity (Wildman–Crippen MR) is 61.7 cm³/mol. The summed E-state index contributed by atoms with van der Waals surface area (Å²) >= 11 is 1.74. The molecule has 1 aromatic carbocycles. The fourth-order valence-electron chi connectivity index (χ4n) is 1.33. The summed E-state index contributed by atoms with van der Waals surface area (Å²) in [7, 11) is 0. The number of thiazole rings is 1. The second kappa shape index (κ2) is 3.93. The molecule has 0 unspecified atom stereocenters. The molecule has 1 heterocycles. The topological polar surface area (TPSA) is 12.9 Å². The average molecular weight is 203 g/mol. The van der Waals surface area contributed by atoms with E-state index in [0.717, 1.165) is 12.1 Å². The van der Waals surface area contributed by atoms with E-state index >= 15 is 0 Å². The van der Waals surface area contributed by atoms with Gasteiger partial charge in [-0.25, -0.2) is 4.98 Å². The Morgan fingerprint density at radius 1 is 1.21 bits per heavy atom. The van der Waals surface area contributed by atoms with Crippen LogP contribution in [0.3, 0.4) is 0 Å². The maximum atomic E-state index is 4.55. The Morgan fingerprint density at radius 2 is 1.93 bits per heavy atom. The highest BCUT2D eigenvalue weighted by molar-refractivity contribution is 7.09. The number of hydrogen-bond donors (Lipinski definition) is 0. The smallest absolute Gasteiger partial charge is 0.0929 e. The van der Waals surface area contributed by atoms with Crippen molar-refractivity contribution < 1.29 is 0 Å². The number of hydrogen-bond acceptors (Lipinski definition) is 2. The van der Waals surface area contributed by atoms with E-state index in [2.05, 4.69) is 48.5 Å². The Morgan fingerprint density at radius 3 is 2.50 bits per heavy atom. The minimum atomic E-state index is 1.02. The third kappa shape index (κ3) is 1.85. The molecule has 72 valence electrons. The summed E-state index contributed by atoms with van der Waals surface area (Å²) in [5.41, 5.74) is 3.61. The number of aryl methyl sites for hydroxylation is 2. The van der Waals surface area contributed by atoms with E-state index in [-0.39, 0.29) is 0 Å². The van der Waals surface area contributed by atoms with Crippen LogP contribution < -0.4 is 0 Å². The predicted octanol–water partition coefficient (Wildman–Crippen LogP) is 3.68. The molecular weight excluding hydrogens is 190 g/mol. The fourth-order valence-corrected chi connectivity index (χ4v) is 2.08. The molecule has 0 fully saturated rings. The molecule has 0 atom stereocenters. The summed E-state index contributed by atoms with van der Waals surface area (Å²) in [6, 6.07) is 8.51. The largest absolute Gasteiger partial charge is 0.241 e. The van der Waals surface area contributed by atoms with Crippen LogP contribution in [0.2, 0.25) is 0 Å². The van der Waals surface area contributed by atoms with Crippen LogP contribution >= 0.6 is 11.3 Å². The first kappa shape index (κ1) is 9.41. The molecule has 1 aromatic heterocycles. The molecule has 1 nitrogen and oxygen atoms in total. The van der Waals surface area contributed by atoms with Crippen molar-refractivity contribution in [1.82, 2.24) is 4.98 Å². The van der Waals surface area contributed by atoms with Crippen LogP contribution in [0.25, 0.3) is 11.3 Å². The van der Waals surface area contributed by atoms with Crippen LogP contribution in [0.1, 0.15) is 17.5 Å². The van der Waals surface area contributed by atoms with Gasteiger partial charge in [0.25, 0.3) is 0 Å². The molecule has 0 aliphatic carbocycles. The van der Waals surface area contributed by atoms with Crippen molar-refractivity contribution in [3.8, 4) is 11.3 Å². The van der Waals surface area contributed by atoms with E-state index in [1.165, 1.54) is 16.1 Å². The number of benzene rings is 1. The van der Waals surface area contributed by atoms with E-state index in [1.807, 2.05) is 0 Å². The van der Waals surface area contributed by atoms with Gasteiger partial charge in [-0.1, -0.05) is 36.8 Å². The first-order chi connectivity index (χ1) is 6.79. The third-order valence-electron chi connectivity index (χ3n) is 2.20. The lowest BCUT2D eigenvalue weighted by Gasteiger charge is -1.96. The molecule has 0 amide bonds. The van der Waals surface area contributed by atoms with Crippen LogP contribution in [-0.4, -0.2) is 4.98 Å². The molecular formula is C12H13NS. The number of nitrogens with zero attached hydrogens (tertiary/aromatic N) is 1. The van der Waals surface area contributed by atoms with Crippen LogP contribution in [0.15, 0.2) is 29.6 Å². The van der Waals surface area contributed by atoms with Gasteiger partial charge in [0.05, 0.1) is 10.7 Å². The first-order valence-corrected chi connectivity index (χ1v) is 5.69. The van der Waals surface area contributed by atoms with Crippen molar-refractivity contribution in [2.45, 2.75) is 20.3 Å². The highest BCUT2D eigenvalue weighted by atomic mass is 32.1. The molecule has 2 rings (SSSR count). The Bertz CT molecular complexity index is 414. The molecule has 0 saturated carbocycles. The minimum Gasteiger partial charge on any atom is -0.241 e. The maximum absolute atomic E-state index is 4.55. The lowest BCUT2D eigenvalue weighted by atomic mass is 10.1. The summed E-state index contributed by atoms with van der Waals surface area (Å²) in [5, 5.41) is 3.34. The van der Waals surface area contributed by atoms with Gasteiger partial charge in [-0.3, -0.25) is 0 Å². The van der Waals surface area contributed by atoms with E-state index in [9.17, 15) is 0 Å². The molecule has 2 heteroatoms. The lowest BCUT2D eigenvalue weighted by Crippen LogP contribution is -1.80. The zero-order chi connectivity index (χ0) is 9.97. The molecule has 0 saturated heterocycles. The molecule has 0 N–H and O–H groups in total. The third-order valence-corrected chi connectivity index (χ3v) is 3.19. The maximum Gasteiger partial charge on any atom is 0.0929 e. The Kier molecular flexibility index (Phi) is 2.64. The lowest BCUT2D eigenvalue weighted by molar-refractivity contribution is 1.10. The van der Waals surface area contributed by atoms with Gasteiger partial charge in [-0.2, -0.15) is 0 Å². The normalized spacial score (nSPS) is 10.4. The second-order valence-corrected chi connectivity index (χ2v) is 4.29. The molecule has 2 aromatic rings. The standard InChI is InChI=1S/C12H13NS/c1-3-12-13-11(8-14-12)10-6-4-9(2)5-7-10/h4-8H,3H2,1-2H3. The zero-order valence-corrected chi connectivity index (χ0v) is 9.27. The van der Waals surface area contributed by atoms with Gasteiger partial charge in [0, 0.05) is 10.9 Å². The van der Waals surface area contributed by atoms with Gasteiger partial charge in [-0.15, -0.1) is 11.3 Å². The summed E-state index contributed by atoms with van der Waals surface area (Å²) < 4.78 is 0. The molecule has 0 radical (unpaired) electrons. The summed E-state index contributed by atoms with van der Waals surface area (Å²) in [5.74, 6) is 0. The van der Waals surface area contributed by atoms with Crippen molar-refractivity contribution in [3.63, 3.8) is 0 Å². The van der Waals surface area contributed by atoms with Gasteiger partial charge >= 0.3 is 0 Å². The van der Waals surface area contributed by atoms with Crippen LogP contribution in [0, 0.1) is 6.92 Å². The summed E-state index contributed by atoms with van der Waals surface area (Å²) in [6.45, 7) is 4.24. The molecule has 0 aliphatic rings. The Hall–Kier alpha value is -1.15. The second-order valence-electron chi connectivity index (χ2n) is 3.35. The van der Waals surface area contributed by atoms with Crippen LogP contribution in [0.4, 0.5) is 0 Å². The SMILES string of the molecule is CCc1nc(-c2ccc(C)cc2)cs1. The molecule has 0 aliphatic heterocycles. The van der Waals surface area contributed by atoms with Crippen LogP contribution in [-0.2, 0) is 6.42 Å². The van der Waals surface area contributed by atoms with Crippen molar-refractivity contribution in [3.05, 3.63) is 40.2 Å². The zero-order valence-electron chi connectivity index (χ0n) is 8.45. The first-order valence-electron chi connectivity index (χ1n) is 4.81. The monoisotopic (exact) mass is 203 g/mol. The minimum absolute atomic E-state index is 1.02. The van der Waals surface area contributed by atoms with Gasteiger partial charge in [0.1, 0.15) is 0 Å². The Balaban J connectivity index is 2.34.